The highest BCUT2D eigenvalue weighted by molar-refractivity contribution is 6.06. The van der Waals surface area contributed by atoms with Crippen LogP contribution in [0.3, 0.4) is 0 Å². The number of para-hydroxylation sites is 1. The summed E-state index contributed by atoms with van der Waals surface area (Å²) in [6, 6.07) is 9.79. The third kappa shape index (κ3) is 6.75. The minimum Gasteiger partial charge on any atom is -0.369 e. The van der Waals surface area contributed by atoms with Crippen molar-refractivity contribution in [2.24, 2.45) is 0 Å². The minimum atomic E-state index is -2.31. The van der Waals surface area contributed by atoms with E-state index < -0.39 is 6.43 Å². The van der Waals surface area contributed by atoms with Gasteiger partial charge >= 0.3 is 0 Å². The molecule has 4 aromatic rings. The number of alkyl halides is 2. The first-order valence-corrected chi connectivity index (χ1v) is 14.9. The van der Waals surface area contributed by atoms with Crippen LogP contribution in [0.2, 0.25) is 0 Å². The van der Waals surface area contributed by atoms with Crippen LogP contribution in [0.4, 0.5) is 20.5 Å². The third-order valence-electron chi connectivity index (χ3n) is 8.75. The van der Waals surface area contributed by atoms with Crippen LogP contribution in [0.1, 0.15) is 49.0 Å². The Labute approximate surface area is 256 Å². The first-order valence-electron chi connectivity index (χ1n) is 14.9. The van der Waals surface area contributed by atoms with Crippen LogP contribution >= 0.6 is 0 Å². The summed E-state index contributed by atoms with van der Waals surface area (Å²) in [4.78, 5) is 39.0. The van der Waals surface area contributed by atoms with Crippen LogP contribution in [-0.2, 0) is 5.41 Å². The number of hydrogen-bond donors (Lipinski definition) is 2. The molecule has 0 saturated carbocycles. The molecule has 1 fully saturated rings. The molecule has 12 heteroatoms. The van der Waals surface area contributed by atoms with Gasteiger partial charge in [0.05, 0.1) is 23.3 Å². The molecule has 3 aromatic heterocycles. The maximum absolute atomic E-state index is 12.7. The van der Waals surface area contributed by atoms with Crippen molar-refractivity contribution >= 4 is 28.6 Å². The van der Waals surface area contributed by atoms with Crippen LogP contribution in [-0.4, -0.2) is 88.5 Å². The molecule has 1 aliphatic heterocycles. The molecular weight excluding hydrogens is 564 g/mol. The van der Waals surface area contributed by atoms with Gasteiger partial charge in [0, 0.05) is 80.8 Å². The van der Waals surface area contributed by atoms with Crippen molar-refractivity contribution < 1.29 is 13.6 Å². The molecular formula is C32H39F2N9O. The van der Waals surface area contributed by atoms with Gasteiger partial charge in [0.15, 0.2) is 0 Å². The lowest BCUT2D eigenvalue weighted by Crippen LogP contribution is -2.45. The molecule has 0 radical (unpaired) electrons. The largest absolute Gasteiger partial charge is 0.369 e. The first-order chi connectivity index (χ1) is 21.2. The summed E-state index contributed by atoms with van der Waals surface area (Å²) in [6.07, 6.45) is 6.80. The number of nitrogens with one attached hydrogen (secondary N) is 2. The zero-order valence-electron chi connectivity index (χ0n) is 25.6. The quantitative estimate of drug-likeness (QED) is 0.250. The monoisotopic (exact) mass is 603 g/mol. The SMILES string of the molecule is CC[C@](C)(CNc1cc(-c2cnc(N(C)C3CCN(CC(F)F)CC3)nc2)ncn1)c1cccc2c(C(=O)NC)ccnc12. The molecule has 1 saturated heterocycles. The zero-order chi connectivity index (χ0) is 31.3. The Morgan fingerprint density at radius 1 is 1.11 bits per heavy atom. The predicted octanol–water partition coefficient (Wildman–Crippen LogP) is 4.79. The smallest absolute Gasteiger partial charge is 0.251 e. The van der Waals surface area contributed by atoms with Crippen LogP contribution < -0.4 is 15.5 Å². The summed E-state index contributed by atoms with van der Waals surface area (Å²) in [5, 5.41) is 7.02. The molecule has 4 heterocycles. The highest BCUT2D eigenvalue weighted by Gasteiger charge is 2.29. The van der Waals surface area contributed by atoms with Gasteiger partial charge < -0.3 is 15.5 Å². The highest BCUT2D eigenvalue weighted by Crippen LogP contribution is 2.34. The van der Waals surface area contributed by atoms with Crippen molar-refractivity contribution in [2.75, 3.05) is 50.5 Å². The molecule has 5 rings (SSSR count). The molecule has 1 aliphatic rings. The number of nitrogens with zero attached hydrogens (tertiary/aromatic N) is 7. The van der Waals surface area contributed by atoms with E-state index >= 15 is 0 Å². The number of benzene rings is 1. The molecule has 0 spiro atoms. The summed E-state index contributed by atoms with van der Waals surface area (Å²) in [6.45, 7) is 6.00. The fraction of sp³-hybridized carbons (Fsp3) is 0.438. The fourth-order valence-corrected chi connectivity index (χ4v) is 5.79. The predicted molar refractivity (Wildman–Crippen MR) is 168 cm³/mol. The molecule has 0 unspecified atom stereocenters. The number of carbonyl (C=O) groups excluding carboxylic acids is 1. The van der Waals surface area contributed by atoms with E-state index in [1.807, 2.05) is 35.0 Å². The minimum absolute atomic E-state index is 0.143. The van der Waals surface area contributed by atoms with Crippen molar-refractivity contribution in [3.8, 4) is 11.3 Å². The van der Waals surface area contributed by atoms with E-state index in [1.54, 1.807) is 31.7 Å². The molecule has 0 bridgehead atoms. The Balaban J connectivity index is 1.28. The average molecular weight is 604 g/mol. The summed E-state index contributed by atoms with van der Waals surface area (Å²) >= 11 is 0. The standard InChI is InChI=1S/C32H39F2N9O/c1-5-32(2,25-8-6-7-23-24(30(44)35-3)9-12-36-29(23)25)19-39-28-15-26(40-20-41-28)21-16-37-31(38-17-21)42(4)22-10-13-43(14-11-22)18-27(33)34/h6-9,12,15-17,20,22,27H,5,10-11,13-14,18-19H2,1-4H3,(H,35,44)(H,39,40,41)/t32-/m1/s1. The van der Waals surface area contributed by atoms with E-state index in [4.69, 9.17) is 0 Å². The molecule has 10 nitrogen and oxygen atoms in total. The number of anilines is 2. The second-order valence-corrected chi connectivity index (χ2v) is 11.5. The first kappa shape index (κ1) is 31.1. The molecule has 44 heavy (non-hydrogen) atoms. The van der Waals surface area contributed by atoms with E-state index in [9.17, 15) is 13.6 Å². The Hall–Kier alpha value is -4.32. The van der Waals surface area contributed by atoms with Gasteiger partial charge in [-0.15, -0.1) is 0 Å². The van der Waals surface area contributed by atoms with E-state index in [0.717, 1.165) is 41.3 Å². The van der Waals surface area contributed by atoms with Crippen molar-refractivity contribution in [2.45, 2.75) is 51.0 Å². The van der Waals surface area contributed by atoms with Gasteiger partial charge in [-0.2, -0.15) is 0 Å². The Bertz CT molecular complexity index is 1580. The molecule has 232 valence electrons. The van der Waals surface area contributed by atoms with Crippen LogP contribution in [0.5, 0.6) is 0 Å². The topological polar surface area (TPSA) is 112 Å². The highest BCUT2D eigenvalue weighted by atomic mass is 19.3. The van der Waals surface area contributed by atoms with Crippen LogP contribution in [0.25, 0.3) is 22.2 Å². The Morgan fingerprint density at radius 2 is 1.86 bits per heavy atom. The maximum atomic E-state index is 12.7. The second kappa shape index (κ2) is 13.5. The van der Waals surface area contributed by atoms with Gasteiger partial charge in [-0.25, -0.2) is 28.7 Å². The number of likely N-dealkylation sites (tertiary alicyclic amines) is 1. The van der Waals surface area contributed by atoms with Crippen LogP contribution in [0.15, 0.2) is 55.2 Å². The van der Waals surface area contributed by atoms with Crippen molar-refractivity contribution in [1.82, 2.24) is 35.1 Å². The number of fused-ring (bicyclic) bond motifs is 1. The molecule has 1 atom stereocenters. The van der Waals surface area contributed by atoms with Crippen molar-refractivity contribution in [3.05, 3.63) is 66.4 Å². The number of pyridine rings is 1. The van der Waals surface area contributed by atoms with Gasteiger partial charge in [-0.1, -0.05) is 32.0 Å². The number of amides is 1. The molecule has 1 amide bonds. The van der Waals surface area contributed by atoms with E-state index in [-0.39, 0.29) is 23.9 Å². The fourth-order valence-electron chi connectivity index (χ4n) is 5.79. The Morgan fingerprint density at radius 3 is 2.55 bits per heavy atom. The van der Waals surface area contributed by atoms with Gasteiger partial charge in [0.2, 0.25) is 5.95 Å². The zero-order valence-corrected chi connectivity index (χ0v) is 25.6. The number of carbonyl (C=O) groups is 1. The average Bonchev–Trinajstić information content (AvgIpc) is 3.06. The van der Waals surface area contributed by atoms with Gasteiger partial charge in [0.25, 0.3) is 12.3 Å². The van der Waals surface area contributed by atoms with Gasteiger partial charge in [-0.05, 0) is 30.9 Å². The number of aromatic nitrogens is 5. The van der Waals surface area contributed by atoms with Crippen molar-refractivity contribution in [1.29, 1.82) is 0 Å². The lowest BCUT2D eigenvalue weighted by molar-refractivity contribution is 0.0754. The van der Waals surface area contributed by atoms with Gasteiger partial charge in [-0.3, -0.25) is 14.7 Å². The number of halogens is 2. The third-order valence-corrected chi connectivity index (χ3v) is 8.75. The van der Waals surface area contributed by atoms with Gasteiger partial charge in [0.1, 0.15) is 12.1 Å². The second-order valence-electron chi connectivity index (χ2n) is 11.5. The molecule has 0 aliphatic carbocycles. The van der Waals surface area contributed by atoms with E-state index in [2.05, 4.69) is 55.5 Å². The number of rotatable bonds is 11. The van der Waals surface area contributed by atoms with E-state index in [1.165, 1.54) is 6.33 Å². The lowest BCUT2D eigenvalue weighted by atomic mass is 9.78. The lowest BCUT2D eigenvalue weighted by Gasteiger charge is -2.36. The summed E-state index contributed by atoms with van der Waals surface area (Å²) < 4.78 is 25.4. The molecule has 1 aromatic carbocycles. The van der Waals surface area contributed by atoms with Crippen molar-refractivity contribution in [3.63, 3.8) is 0 Å². The number of hydrogen-bond acceptors (Lipinski definition) is 9. The normalized spacial score (nSPS) is 15.7. The van der Waals surface area contributed by atoms with E-state index in [0.29, 0.717) is 42.7 Å². The Kier molecular flexibility index (Phi) is 9.58. The summed E-state index contributed by atoms with van der Waals surface area (Å²) in [5.41, 5.74) is 3.61. The number of piperidine rings is 1. The summed E-state index contributed by atoms with van der Waals surface area (Å²) in [5.74, 6) is 1.12. The summed E-state index contributed by atoms with van der Waals surface area (Å²) in [7, 11) is 3.57. The van der Waals surface area contributed by atoms with Crippen LogP contribution in [0, 0.1) is 0 Å². The maximum Gasteiger partial charge on any atom is 0.251 e. The molecule has 2 N–H and O–H groups in total.